The maximum Gasteiger partial charge on any atom is 0.0354 e. The van der Waals surface area contributed by atoms with Crippen LogP contribution >= 0.6 is 27.3 Å². The molecule has 1 fully saturated rings. The highest BCUT2D eigenvalue weighted by Crippen LogP contribution is 2.22. The maximum atomic E-state index is 3.51. The summed E-state index contributed by atoms with van der Waals surface area (Å²) in [5, 5.41) is 7.77. The molecule has 1 aliphatic rings. The molecular formula is C11H14BrNS. The summed E-state index contributed by atoms with van der Waals surface area (Å²) in [5.41, 5.74) is 1.29. The molecule has 14 heavy (non-hydrogen) atoms. The van der Waals surface area contributed by atoms with E-state index in [2.05, 4.69) is 44.2 Å². The van der Waals surface area contributed by atoms with Crippen LogP contribution in [0, 0.1) is 0 Å². The minimum absolute atomic E-state index is 0.830. The molecule has 2 rings (SSSR count). The largest absolute Gasteiger partial charge is 0.314 e. The van der Waals surface area contributed by atoms with Crippen molar-refractivity contribution in [3.05, 3.63) is 26.9 Å². The van der Waals surface area contributed by atoms with Crippen molar-refractivity contribution in [2.24, 2.45) is 0 Å². The summed E-state index contributed by atoms with van der Waals surface area (Å²) < 4.78 is 1.20. The van der Waals surface area contributed by atoms with Gasteiger partial charge < -0.3 is 5.32 Å². The third-order valence-corrected chi connectivity index (χ3v) is 4.01. The van der Waals surface area contributed by atoms with Gasteiger partial charge in [0.25, 0.3) is 0 Å². The van der Waals surface area contributed by atoms with E-state index < -0.39 is 0 Å². The molecule has 0 spiro atoms. The fraction of sp³-hybridized carbons (Fsp3) is 0.455. The molecule has 0 bridgehead atoms. The topological polar surface area (TPSA) is 12.0 Å². The van der Waals surface area contributed by atoms with E-state index in [1.807, 2.05) is 0 Å². The van der Waals surface area contributed by atoms with Gasteiger partial charge in [-0.3, -0.25) is 0 Å². The molecule has 0 amide bonds. The van der Waals surface area contributed by atoms with Crippen LogP contribution in [0.4, 0.5) is 0 Å². The fourth-order valence-corrected chi connectivity index (χ4v) is 2.68. The lowest BCUT2D eigenvalue weighted by Gasteiger charge is -1.97. The lowest BCUT2D eigenvalue weighted by atomic mass is 10.3. The first kappa shape index (κ1) is 10.4. The van der Waals surface area contributed by atoms with Crippen LogP contribution in [-0.4, -0.2) is 12.6 Å². The molecule has 76 valence electrons. The van der Waals surface area contributed by atoms with E-state index in [1.165, 1.54) is 22.9 Å². The van der Waals surface area contributed by atoms with Crippen LogP contribution in [-0.2, 0) is 0 Å². The average molecular weight is 272 g/mol. The third kappa shape index (κ3) is 3.23. The maximum absolute atomic E-state index is 3.51. The minimum Gasteiger partial charge on any atom is -0.314 e. The van der Waals surface area contributed by atoms with Crippen molar-refractivity contribution in [1.29, 1.82) is 0 Å². The summed E-state index contributed by atoms with van der Waals surface area (Å²) >= 11 is 5.24. The Labute approximate surface area is 97.3 Å². The average Bonchev–Trinajstić information content (AvgIpc) is 2.91. The van der Waals surface area contributed by atoms with Gasteiger partial charge in [0.2, 0.25) is 0 Å². The van der Waals surface area contributed by atoms with Crippen LogP contribution in [0.25, 0.3) is 6.08 Å². The van der Waals surface area contributed by atoms with Crippen molar-refractivity contribution < 1.29 is 0 Å². The first-order valence-electron chi connectivity index (χ1n) is 4.98. The van der Waals surface area contributed by atoms with Gasteiger partial charge in [0.15, 0.2) is 0 Å². The molecule has 0 radical (unpaired) electrons. The van der Waals surface area contributed by atoms with E-state index >= 15 is 0 Å². The number of hydrogen-bond donors (Lipinski definition) is 1. The second-order valence-corrected chi connectivity index (χ2v) is 5.19. The Morgan fingerprint density at radius 1 is 1.50 bits per heavy atom. The third-order valence-electron chi connectivity index (χ3n) is 2.26. The summed E-state index contributed by atoms with van der Waals surface area (Å²) in [6.07, 6.45) is 8.30. The molecule has 1 aromatic rings. The molecule has 1 aromatic heterocycles. The number of hydrogen-bond acceptors (Lipinski definition) is 2. The number of rotatable bonds is 5. The number of nitrogens with one attached hydrogen (secondary N) is 1. The Balaban J connectivity index is 1.68. The van der Waals surface area contributed by atoms with Crippen molar-refractivity contribution >= 4 is 33.3 Å². The molecule has 1 N–H and O–H groups in total. The van der Waals surface area contributed by atoms with Gasteiger partial charge in [-0.15, -0.1) is 0 Å². The van der Waals surface area contributed by atoms with Gasteiger partial charge in [0, 0.05) is 15.9 Å². The van der Waals surface area contributed by atoms with Gasteiger partial charge in [0.1, 0.15) is 0 Å². The van der Waals surface area contributed by atoms with E-state index in [1.54, 1.807) is 11.3 Å². The quantitative estimate of drug-likeness (QED) is 0.806. The van der Waals surface area contributed by atoms with E-state index in [0.29, 0.717) is 0 Å². The van der Waals surface area contributed by atoms with Crippen molar-refractivity contribution in [2.45, 2.75) is 25.3 Å². The molecule has 1 nitrogen and oxygen atoms in total. The highest BCUT2D eigenvalue weighted by Gasteiger charge is 2.19. The highest BCUT2D eigenvalue weighted by molar-refractivity contribution is 9.10. The van der Waals surface area contributed by atoms with E-state index in [0.717, 1.165) is 19.0 Å². The van der Waals surface area contributed by atoms with E-state index in [4.69, 9.17) is 0 Å². The molecule has 0 saturated heterocycles. The molecule has 0 aromatic carbocycles. The van der Waals surface area contributed by atoms with Crippen LogP contribution < -0.4 is 5.32 Å². The number of halogens is 1. The van der Waals surface area contributed by atoms with Crippen LogP contribution in [0.5, 0.6) is 0 Å². The molecule has 1 aliphatic carbocycles. The van der Waals surface area contributed by atoms with Crippen LogP contribution in [0.3, 0.4) is 0 Å². The Bertz CT molecular complexity index is 315. The van der Waals surface area contributed by atoms with E-state index in [-0.39, 0.29) is 0 Å². The summed E-state index contributed by atoms with van der Waals surface area (Å²) in [6.45, 7) is 1.11. The van der Waals surface area contributed by atoms with Gasteiger partial charge in [-0.1, -0.05) is 12.2 Å². The van der Waals surface area contributed by atoms with Crippen LogP contribution in [0.2, 0.25) is 0 Å². The van der Waals surface area contributed by atoms with Crippen molar-refractivity contribution in [2.75, 3.05) is 6.54 Å². The molecule has 3 heteroatoms. The molecular weight excluding hydrogens is 258 g/mol. The van der Waals surface area contributed by atoms with Gasteiger partial charge in [0.05, 0.1) is 0 Å². The van der Waals surface area contributed by atoms with Crippen molar-refractivity contribution in [1.82, 2.24) is 5.32 Å². The summed E-state index contributed by atoms with van der Waals surface area (Å²) in [7, 11) is 0. The van der Waals surface area contributed by atoms with Crippen molar-refractivity contribution in [3.8, 4) is 0 Å². The minimum atomic E-state index is 0.830. The standard InChI is InChI=1S/C11H14BrNS/c12-11-8-14-7-9(11)3-1-2-6-13-10-4-5-10/h1,3,7-8,10,13H,2,4-6H2. The Morgan fingerprint density at radius 2 is 2.36 bits per heavy atom. The SMILES string of the molecule is Brc1cscc1C=CCCNC1CC1. The Hall–Kier alpha value is -0.120. The predicted molar refractivity (Wildman–Crippen MR) is 66.7 cm³/mol. The first-order valence-corrected chi connectivity index (χ1v) is 6.71. The summed E-state index contributed by atoms with van der Waals surface area (Å²) in [4.78, 5) is 0. The smallest absolute Gasteiger partial charge is 0.0354 e. The van der Waals surface area contributed by atoms with E-state index in [9.17, 15) is 0 Å². The van der Waals surface area contributed by atoms with Gasteiger partial charge in [-0.2, -0.15) is 11.3 Å². The second-order valence-electron chi connectivity index (χ2n) is 3.59. The monoisotopic (exact) mass is 271 g/mol. The lowest BCUT2D eigenvalue weighted by Crippen LogP contribution is -2.16. The Morgan fingerprint density at radius 3 is 3.00 bits per heavy atom. The summed E-state index contributed by atoms with van der Waals surface area (Å²) in [5.74, 6) is 0. The first-order chi connectivity index (χ1) is 6.86. The van der Waals surface area contributed by atoms with Gasteiger partial charge >= 0.3 is 0 Å². The second kappa shape index (κ2) is 5.10. The van der Waals surface area contributed by atoms with Crippen LogP contribution in [0.15, 0.2) is 21.3 Å². The summed E-state index contributed by atoms with van der Waals surface area (Å²) in [6, 6.07) is 0.830. The van der Waals surface area contributed by atoms with Gasteiger partial charge in [-0.05, 0) is 52.7 Å². The van der Waals surface area contributed by atoms with Gasteiger partial charge in [-0.25, -0.2) is 0 Å². The molecule has 1 saturated carbocycles. The fourth-order valence-electron chi connectivity index (χ4n) is 1.28. The van der Waals surface area contributed by atoms with Crippen molar-refractivity contribution in [3.63, 3.8) is 0 Å². The molecule has 1 heterocycles. The normalized spacial score (nSPS) is 16.6. The Kier molecular flexibility index (Phi) is 3.79. The zero-order chi connectivity index (χ0) is 9.80. The zero-order valence-electron chi connectivity index (χ0n) is 8.00. The molecule has 0 atom stereocenters. The molecule has 0 unspecified atom stereocenters. The highest BCUT2D eigenvalue weighted by atomic mass is 79.9. The van der Waals surface area contributed by atoms with Crippen LogP contribution in [0.1, 0.15) is 24.8 Å². The zero-order valence-corrected chi connectivity index (χ0v) is 10.4. The lowest BCUT2D eigenvalue weighted by molar-refractivity contribution is 0.691. The predicted octanol–water partition coefficient (Wildman–Crippen LogP) is 3.67. The molecule has 0 aliphatic heterocycles. The number of thiophene rings is 1.